The van der Waals surface area contributed by atoms with Gasteiger partial charge in [-0.2, -0.15) is 11.3 Å². The molecule has 0 saturated carbocycles. The Morgan fingerprint density at radius 1 is 1.42 bits per heavy atom. The van der Waals surface area contributed by atoms with Crippen molar-refractivity contribution in [2.24, 2.45) is 0 Å². The number of hydrogen-bond acceptors (Lipinski definition) is 6. The average Bonchev–Trinajstić information content (AvgIpc) is 3.15. The Morgan fingerprint density at radius 3 is 3.04 bits per heavy atom. The highest BCUT2D eigenvalue weighted by Crippen LogP contribution is 2.26. The third-order valence-electron chi connectivity index (χ3n) is 4.50. The molecule has 3 heterocycles. The fraction of sp³-hybridized carbons (Fsp3) is 0.529. The van der Waals surface area contributed by atoms with E-state index >= 15 is 0 Å². The largest absolute Gasteiger partial charge is 0.480 e. The number of thiophene rings is 1. The molecule has 7 heteroatoms. The second kappa shape index (κ2) is 8.20. The highest BCUT2D eigenvalue weighted by Gasteiger charge is 2.22. The van der Waals surface area contributed by atoms with Crippen molar-refractivity contribution < 1.29 is 9.90 Å². The summed E-state index contributed by atoms with van der Waals surface area (Å²) in [7, 11) is 1.92. The standard InChI is InChI=1S/C17H23N3O2S2/c1-19(10-16(21)22)15-3-2-6-20(7-4-15)9-14-12-24-17(18-14)13-5-8-23-11-13/h5,8,11-12,15H,2-4,6-7,9-10H2,1H3,(H,21,22). The number of carboxylic acid groups (broad SMARTS) is 1. The predicted octanol–water partition coefficient (Wildman–Crippen LogP) is 3.24. The third kappa shape index (κ3) is 4.63. The minimum atomic E-state index is -0.748. The third-order valence-corrected chi connectivity index (χ3v) is 6.13. The SMILES string of the molecule is CN(CC(=O)O)C1CCCN(Cc2csc(-c3ccsc3)n2)CC1. The Labute approximate surface area is 150 Å². The molecule has 1 unspecified atom stereocenters. The molecule has 0 bridgehead atoms. The topological polar surface area (TPSA) is 56.7 Å². The van der Waals surface area contributed by atoms with Crippen LogP contribution in [0.3, 0.4) is 0 Å². The summed E-state index contributed by atoms with van der Waals surface area (Å²) >= 11 is 3.41. The molecule has 0 spiro atoms. The summed E-state index contributed by atoms with van der Waals surface area (Å²) in [5, 5.41) is 16.4. The number of carboxylic acids is 1. The van der Waals surface area contributed by atoms with Gasteiger partial charge in [-0.05, 0) is 44.3 Å². The van der Waals surface area contributed by atoms with Crippen molar-refractivity contribution in [1.82, 2.24) is 14.8 Å². The summed E-state index contributed by atoms with van der Waals surface area (Å²) in [6.45, 7) is 3.07. The summed E-state index contributed by atoms with van der Waals surface area (Å²) in [5.41, 5.74) is 2.35. The number of nitrogens with zero attached hydrogens (tertiary/aromatic N) is 3. The van der Waals surface area contributed by atoms with E-state index in [2.05, 4.69) is 27.1 Å². The summed E-state index contributed by atoms with van der Waals surface area (Å²) < 4.78 is 0. The first-order chi connectivity index (χ1) is 11.6. The smallest absolute Gasteiger partial charge is 0.317 e. The van der Waals surface area contributed by atoms with Gasteiger partial charge in [-0.25, -0.2) is 4.98 Å². The lowest BCUT2D eigenvalue weighted by molar-refractivity contribution is -0.138. The van der Waals surface area contributed by atoms with E-state index in [1.807, 2.05) is 11.9 Å². The van der Waals surface area contributed by atoms with Crippen molar-refractivity contribution >= 4 is 28.6 Å². The van der Waals surface area contributed by atoms with Crippen LogP contribution < -0.4 is 0 Å². The molecular weight excluding hydrogens is 342 g/mol. The van der Waals surface area contributed by atoms with Crippen molar-refractivity contribution in [3.8, 4) is 10.6 Å². The van der Waals surface area contributed by atoms with Crippen molar-refractivity contribution in [3.63, 3.8) is 0 Å². The van der Waals surface area contributed by atoms with E-state index in [9.17, 15) is 4.79 Å². The molecule has 5 nitrogen and oxygen atoms in total. The first-order valence-electron chi connectivity index (χ1n) is 8.23. The number of hydrogen-bond donors (Lipinski definition) is 1. The fourth-order valence-corrected chi connectivity index (χ4v) is 4.73. The van der Waals surface area contributed by atoms with E-state index in [-0.39, 0.29) is 6.54 Å². The number of rotatable bonds is 6. The van der Waals surface area contributed by atoms with Crippen LogP contribution in [0.5, 0.6) is 0 Å². The van der Waals surface area contributed by atoms with Crippen LogP contribution in [0.2, 0.25) is 0 Å². The molecule has 1 saturated heterocycles. The number of carbonyl (C=O) groups is 1. The molecule has 2 aromatic heterocycles. The molecule has 1 fully saturated rings. The summed E-state index contributed by atoms with van der Waals surface area (Å²) in [6, 6.07) is 2.48. The zero-order valence-electron chi connectivity index (χ0n) is 13.9. The Kier molecular flexibility index (Phi) is 5.99. The number of likely N-dealkylation sites (tertiary alicyclic amines) is 1. The van der Waals surface area contributed by atoms with Crippen LogP contribution in [-0.4, -0.2) is 58.6 Å². The van der Waals surface area contributed by atoms with Crippen LogP contribution in [-0.2, 0) is 11.3 Å². The Bertz CT molecular complexity index is 657. The van der Waals surface area contributed by atoms with Crippen molar-refractivity contribution in [3.05, 3.63) is 27.9 Å². The van der Waals surface area contributed by atoms with E-state index in [1.54, 1.807) is 22.7 Å². The Hall–Kier alpha value is -1.28. The van der Waals surface area contributed by atoms with E-state index in [4.69, 9.17) is 10.1 Å². The number of likely N-dealkylation sites (N-methyl/N-ethyl adjacent to an activating group) is 1. The molecule has 2 aromatic rings. The molecule has 0 radical (unpaired) electrons. The van der Waals surface area contributed by atoms with Crippen molar-refractivity contribution in [1.29, 1.82) is 0 Å². The van der Waals surface area contributed by atoms with Crippen LogP contribution in [0.4, 0.5) is 0 Å². The maximum Gasteiger partial charge on any atom is 0.317 e. The highest BCUT2D eigenvalue weighted by atomic mass is 32.1. The summed E-state index contributed by atoms with van der Waals surface area (Å²) in [4.78, 5) is 20.1. The van der Waals surface area contributed by atoms with E-state index in [1.165, 1.54) is 5.56 Å². The first-order valence-corrected chi connectivity index (χ1v) is 10.1. The van der Waals surface area contributed by atoms with E-state index in [0.717, 1.165) is 49.6 Å². The van der Waals surface area contributed by atoms with Gasteiger partial charge in [-0.1, -0.05) is 0 Å². The molecule has 3 rings (SSSR count). The van der Waals surface area contributed by atoms with E-state index < -0.39 is 5.97 Å². The van der Waals surface area contributed by atoms with Gasteiger partial charge in [0.25, 0.3) is 0 Å². The second-order valence-electron chi connectivity index (χ2n) is 6.33. The molecular formula is C17H23N3O2S2. The monoisotopic (exact) mass is 365 g/mol. The lowest BCUT2D eigenvalue weighted by Gasteiger charge is -2.25. The molecule has 1 aliphatic rings. The molecule has 0 amide bonds. The second-order valence-corrected chi connectivity index (χ2v) is 7.96. The average molecular weight is 366 g/mol. The first kappa shape index (κ1) is 17.5. The molecule has 0 aliphatic carbocycles. The van der Waals surface area contributed by atoms with Gasteiger partial charge in [-0.3, -0.25) is 14.6 Å². The lowest BCUT2D eigenvalue weighted by Crippen LogP contribution is -2.36. The minimum Gasteiger partial charge on any atom is -0.480 e. The summed E-state index contributed by atoms with van der Waals surface area (Å²) in [6.07, 6.45) is 3.19. The van der Waals surface area contributed by atoms with Gasteiger partial charge in [0.1, 0.15) is 5.01 Å². The molecule has 1 atom stereocenters. The predicted molar refractivity (Wildman–Crippen MR) is 98.6 cm³/mol. The molecule has 130 valence electrons. The van der Waals surface area contributed by atoms with Gasteiger partial charge in [0, 0.05) is 35.5 Å². The van der Waals surface area contributed by atoms with Gasteiger partial charge in [0.15, 0.2) is 0 Å². The molecule has 24 heavy (non-hydrogen) atoms. The zero-order chi connectivity index (χ0) is 16.9. The van der Waals surface area contributed by atoms with Crippen LogP contribution >= 0.6 is 22.7 Å². The maximum atomic E-state index is 10.9. The van der Waals surface area contributed by atoms with E-state index in [0.29, 0.717) is 6.04 Å². The van der Waals surface area contributed by atoms with Gasteiger partial charge < -0.3 is 5.11 Å². The van der Waals surface area contributed by atoms with Crippen LogP contribution in [0.15, 0.2) is 22.2 Å². The van der Waals surface area contributed by atoms with Gasteiger partial charge in [0.05, 0.1) is 12.2 Å². The minimum absolute atomic E-state index is 0.126. The zero-order valence-corrected chi connectivity index (χ0v) is 15.5. The maximum absolute atomic E-state index is 10.9. The lowest BCUT2D eigenvalue weighted by atomic mass is 10.1. The van der Waals surface area contributed by atoms with Gasteiger partial charge in [-0.15, -0.1) is 11.3 Å². The van der Waals surface area contributed by atoms with Crippen molar-refractivity contribution in [2.75, 3.05) is 26.7 Å². The Morgan fingerprint density at radius 2 is 2.29 bits per heavy atom. The molecule has 1 N–H and O–H groups in total. The Balaban J connectivity index is 1.54. The highest BCUT2D eigenvalue weighted by molar-refractivity contribution is 7.14. The molecule has 0 aromatic carbocycles. The summed E-state index contributed by atoms with van der Waals surface area (Å²) in [5.74, 6) is -0.748. The number of aliphatic carboxylic acids is 1. The van der Waals surface area contributed by atoms with Gasteiger partial charge >= 0.3 is 5.97 Å². The number of thiazole rings is 1. The van der Waals surface area contributed by atoms with Crippen LogP contribution in [0, 0.1) is 0 Å². The van der Waals surface area contributed by atoms with Crippen LogP contribution in [0.1, 0.15) is 25.0 Å². The van der Waals surface area contributed by atoms with Crippen LogP contribution in [0.25, 0.3) is 10.6 Å². The normalized spacial score (nSPS) is 19.5. The van der Waals surface area contributed by atoms with Gasteiger partial charge in [0.2, 0.25) is 0 Å². The molecule has 1 aliphatic heterocycles. The quantitative estimate of drug-likeness (QED) is 0.852. The fourth-order valence-electron chi connectivity index (χ4n) is 3.21. The van der Waals surface area contributed by atoms with Crippen molar-refractivity contribution in [2.45, 2.75) is 31.8 Å². The number of aromatic nitrogens is 1.